The van der Waals surface area contributed by atoms with Crippen LogP contribution in [0, 0.1) is 0 Å². The van der Waals surface area contributed by atoms with Gasteiger partial charge in [-0.25, -0.2) is 0 Å². The second-order valence-corrected chi connectivity index (χ2v) is 5.15. The summed E-state index contributed by atoms with van der Waals surface area (Å²) in [6.07, 6.45) is 3.75. The summed E-state index contributed by atoms with van der Waals surface area (Å²) in [7, 11) is 3.37. The lowest BCUT2D eigenvalue weighted by Gasteiger charge is -2.20. The Morgan fingerprint density at radius 1 is 1.19 bits per heavy atom. The number of hydrogen-bond acceptors (Lipinski definition) is 4. The zero-order valence-corrected chi connectivity index (χ0v) is 13.0. The molecule has 114 valence electrons. The second kappa shape index (κ2) is 7.24. The first-order valence-electron chi connectivity index (χ1n) is 7.06. The molecule has 0 saturated heterocycles. The highest BCUT2D eigenvalue weighted by molar-refractivity contribution is 5.38. The first-order valence-corrected chi connectivity index (χ1v) is 7.06. The van der Waals surface area contributed by atoms with Gasteiger partial charge in [0.1, 0.15) is 5.75 Å². The summed E-state index contributed by atoms with van der Waals surface area (Å²) >= 11 is 0. The topological polar surface area (TPSA) is 59.2 Å². The molecule has 5 heteroatoms. The number of aromatic amines is 1. The number of aromatic nitrogens is 2. The second-order valence-electron chi connectivity index (χ2n) is 5.15. The van der Waals surface area contributed by atoms with E-state index in [1.807, 2.05) is 18.5 Å². The smallest absolute Gasteiger partial charge is 0.124 e. The molecule has 0 aliphatic rings. The van der Waals surface area contributed by atoms with E-state index in [4.69, 9.17) is 9.47 Å². The first-order chi connectivity index (χ1) is 10.2. The van der Waals surface area contributed by atoms with Gasteiger partial charge in [-0.15, -0.1) is 0 Å². The monoisotopic (exact) mass is 289 g/mol. The normalized spacial score (nSPS) is 13.9. The molecule has 2 unspecified atom stereocenters. The van der Waals surface area contributed by atoms with E-state index in [1.165, 1.54) is 5.56 Å². The van der Waals surface area contributed by atoms with Crippen LogP contribution in [0.4, 0.5) is 0 Å². The van der Waals surface area contributed by atoms with E-state index in [-0.39, 0.29) is 12.1 Å². The Labute approximate surface area is 125 Å². The van der Waals surface area contributed by atoms with E-state index in [1.54, 1.807) is 14.2 Å². The third kappa shape index (κ3) is 3.83. The quantitative estimate of drug-likeness (QED) is 0.822. The van der Waals surface area contributed by atoms with Gasteiger partial charge in [-0.05, 0) is 31.5 Å². The molecule has 2 atom stereocenters. The summed E-state index contributed by atoms with van der Waals surface area (Å²) in [5, 5.41) is 10.4. The number of methoxy groups -OCH3 is 2. The highest BCUT2D eigenvalue weighted by Gasteiger charge is 2.13. The fourth-order valence-corrected chi connectivity index (χ4v) is 2.40. The van der Waals surface area contributed by atoms with Crippen molar-refractivity contribution in [3.63, 3.8) is 0 Å². The molecular formula is C16H23N3O2. The lowest BCUT2D eigenvalue weighted by Crippen LogP contribution is -2.22. The molecule has 2 aromatic rings. The predicted octanol–water partition coefficient (Wildman–Crippen LogP) is 2.98. The minimum absolute atomic E-state index is 0.219. The molecule has 0 saturated carbocycles. The molecule has 2 N–H and O–H groups in total. The molecule has 1 aromatic heterocycles. The van der Waals surface area contributed by atoms with Crippen LogP contribution in [-0.2, 0) is 11.3 Å². The maximum Gasteiger partial charge on any atom is 0.124 e. The largest absolute Gasteiger partial charge is 0.496 e. The minimum atomic E-state index is 0.219. The van der Waals surface area contributed by atoms with Crippen LogP contribution in [0.2, 0.25) is 0 Å². The van der Waals surface area contributed by atoms with Gasteiger partial charge >= 0.3 is 0 Å². The summed E-state index contributed by atoms with van der Waals surface area (Å²) in [4.78, 5) is 0. The highest BCUT2D eigenvalue weighted by atomic mass is 16.5. The van der Waals surface area contributed by atoms with E-state index in [0.29, 0.717) is 6.61 Å². The summed E-state index contributed by atoms with van der Waals surface area (Å²) < 4.78 is 10.6. The molecule has 21 heavy (non-hydrogen) atoms. The molecule has 5 nitrogen and oxygen atoms in total. The van der Waals surface area contributed by atoms with Gasteiger partial charge in [-0.3, -0.25) is 5.10 Å². The standard InChI is InChI=1S/C16H23N3O2/c1-11(19-12(2)15-8-17-18-9-15)13-5-6-16(21-4)14(7-13)10-20-3/h5-9,11-12,19H,10H2,1-4H3,(H,17,18). The molecule has 0 aliphatic carbocycles. The average Bonchev–Trinajstić information content (AvgIpc) is 3.01. The fourth-order valence-electron chi connectivity index (χ4n) is 2.40. The summed E-state index contributed by atoms with van der Waals surface area (Å²) in [6.45, 7) is 4.82. The van der Waals surface area contributed by atoms with Crippen molar-refractivity contribution in [2.45, 2.75) is 32.5 Å². The van der Waals surface area contributed by atoms with Crippen molar-refractivity contribution < 1.29 is 9.47 Å². The molecule has 0 radical (unpaired) electrons. The SMILES string of the molecule is COCc1cc(C(C)NC(C)c2cn[nH]c2)ccc1OC. The van der Waals surface area contributed by atoms with E-state index in [2.05, 4.69) is 41.5 Å². The molecule has 1 aromatic carbocycles. The van der Waals surface area contributed by atoms with Gasteiger partial charge < -0.3 is 14.8 Å². The summed E-state index contributed by atoms with van der Waals surface area (Å²) in [5.74, 6) is 0.857. The number of rotatable bonds is 7. The molecular weight excluding hydrogens is 266 g/mol. The van der Waals surface area contributed by atoms with Gasteiger partial charge in [0.2, 0.25) is 0 Å². The molecule has 0 bridgehead atoms. The predicted molar refractivity (Wildman–Crippen MR) is 82.3 cm³/mol. The van der Waals surface area contributed by atoms with Crippen LogP contribution >= 0.6 is 0 Å². The fraction of sp³-hybridized carbons (Fsp3) is 0.438. The first kappa shape index (κ1) is 15.5. The van der Waals surface area contributed by atoms with E-state index < -0.39 is 0 Å². The highest BCUT2D eigenvalue weighted by Crippen LogP contribution is 2.25. The maximum absolute atomic E-state index is 5.36. The van der Waals surface area contributed by atoms with Crippen molar-refractivity contribution in [2.24, 2.45) is 0 Å². The molecule has 0 amide bonds. The number of hydrogen-bond donors (Lipinski definition) is 2. The maximum atomic E-state index is 5.36. The van der Waals surface area contributed by atoms with Crippen molar-refractivity contribution in [2.75, 3.05) is 14.2 Å². The minimum Gasteiger partial charge on any atom is -0.496 e. The Morgan fingerprint density at radius 3 is 2.57 bits per heavy atom. The molecule has 2 rings (SSSR count). The molecule has 0 aliphatic heterocycles. The Balaban J connectivity index is 2.11. The number of benzene rings is 1. The third-order valence-corrected chi connectivity index (χ3v) is 3.62. The van der Waals surface area contributed by atoms with Crippen LogP contribution in [-0.4, -0.2) is 24.4 Å². The van der Waals surface area contributed by atoms with Crippen LogP contribution in [0.15, 0.2) is 30.6 Å². The van der Waals surface area contributed by atoms with E-state index in [0.717, 1.165) is 16.9 Å². The Morgan fingerprint density at radius 2 is 1.95 bits per heavy atom. The number of ether oxygens (including phenoxy) is 2. The summed E-state index contributed by atoms with van der Waals surface area (Å²) in [6, 6.07) is 6.65. The van der Waals surface area contributed by atoms with Crippen molar-refractivity contribution >= 4 is 0 Å². The Hall–Kier alpha value is -1.85. The lowest BCUT2D eigenvalue weighted by atomic mass is 10.0. The number of nitrogens with one attached hydrogen (secondary N) is 2. The lowest BCUT2D eigenvalue weighted by molar-refractivity contribution is 0.181. The van der Waals surface area contributed by atoms with Crippen LogP contribution < -0.4 is 10.1 Å². The Kier molecular flexibility index (Phi) is 5.36. The summed E-state index contributed by atoms with van der Waals surface area (Å²) in [5.41, 5.74) is 3.41. The van der Waals surface area contributed by atoms with Gasteiger partial charge in [0.25, 0.3) is 0 Å². The van der Waals surface area contributed by atoms with E-state index >= 15 is 0 Å². The van der Waals surface area contributed by atoms with Gasteiger partial charge in [0.15, 0.2) is 0 Å². The van der Waals surface area contributed by atoms with Gasteiger partial charge in [0.05, 0.1) is 19.9 Å². The number of nitrogens with zero attached hydrogens (tertiary/aromatic N) is 1. The van der Waals surface area contributed by atoms with Crippen LogP contribution in [0.25, 0.3) is 0 Å². The van der Waals surface area contributed by atoms with Crippen molar-refractivity contribution in [1.82, 2.24) is 15.5 Å². The molecule has 0 spiro atoms. The zero-order chi connectivity index (χ0) is 15.2. The van der Waals surface area contributed by atoms with Crippen LogP contribution in [0.5, 0.6) is 5.75 Å². The zero-order valence-electron chi connectivity index (χ0n) is 13.0. The number of H-pyrrole nitrogens is 1. The van der Waals surface area contributed by atoms with Crippen molar-refractivity contribution in [3.8, 4) is 5.75 Å². The van der Waals surface area contributed by atoms with Gasteiger partial charge in [-0.2, -0.15) is 5.10 Å². The van der Waals surface area contributed by atoms with E-state index in [9.17, 15) is 0 Å². The Bertz CT molecular complexity index is 555. The molecule has 0 fully saturated rings. The van der Waals surface area contributed by atoms with Crippen LogP contribution in [0.3, 0.4) is 0 Å². The molecule has 1 heterocycles. The van der Waals surface area contributed by atoms with Gasteiger partial charge in [0, 0.05) is 36.5 Å². The van der Waals surface area contributed by atoms with Gasteiger partial charge in [-0.1, -0.05) is 6.07 Å². The third-order valence-electron chi connectivity index (χ3n) is 3.62. The van der Waals surface area contributed by atoms with Crippen LogP contribution in [0.1, 0.15) is 42.6 Å². The van der Waals surface area contributed by atoms with Crippen molar-refractivity contribution in [1.29, 1.82) is 0 Å². The average molecular weight is 289 g/mol. The van der Waals surface area contributed by atoms with Crippen molar-refractivity contribution in [3.05, 3.63) is 47.3 Å².